The fourth-order valence-corrected chi connectivity index (χ4v) is 3.40. The van der Waals surface area contributed by atoms with E-state index in [1.807, 2.05) is 54.6 Å². The van der Waals surface area contributed by atoms with Gasteiger partial charge in [0.05, 0.1) is 25.6 Å². The highest BCUT2D eigenvalue weighted by Crippen LogP contribution is 2.40. The van der Waals surface area contributed by atoms with Crippen molar-refractivity contribution < 1.29 is 14.3 Å². The van der Waals surface area contributed by atoms with Crippen molar-refractivity contribution in [2.24, 2.45) is 0 Å². The third-order valence-corrected chi connectivity index (χ3v) is 5.19. The molecule has 0 spiro atoms. The molecule has 0 N–H and O–H groups in total. The minimum atomic E-state index is -0.0777. The molecule has 1 saturated carbocycles. The molecule has 6 nitrogen and oxygen atoms in total. The molecular weight excluding hydrogens is 366 g/mol. The lowest BCUT2D eigenvalue weighted by atomic mass is 10.1. The van der Waals surface area contributed by atoms with Crippen LogP contribution in [0, 0.1) is 0 Å². The van der Waals surface area contributed by atoms with Crippen LogP contribution < -0.4 is 9.47 Å². The molecule has 0 bridgehead atoms. The Labute approximate surface area is 170 Å². The number of nitrogens with zero attached hydrogens (tertiary/aromatic N) is 3. The van der Waals surface area contributed by atoms with E-state index >= 15 is 0 Å². The molecule has 0 atom stereocenters. The lowest BCUT2D eigenvalue weighted by Crippen LogP contribution is -2.28. The van der Waals surface area contributed by atoms with E-state index < -0.39 is 0 Å². The van der Waals surface area contributed by atoms with Crippen LogP contribution in [0.25, 0.3) is 5.69 Å². The van der Waals surface area contributed by atoms with Gasteiger partial charge in [0.15, 0.2) is 0 Å². The fourth-order valence-electron chi connectivity index (χ4n) is 3.40. The number of hydrogen-bond acceptors (Lipinski definition) is 4. The Morgan fingerprint density at radius 3 is 2.52 bits per heavy atom. The lowest BCUT2D eigenvalue weighted by molar-refractivity contribution is 0.0775. The summed E-state index contributed by atoms with van der Waals surface area (Å²) in [5.41, 5.74) is 3.37. The monoisotopic (exact) mass is 391 g/mol. The van der Waals surface area contributed by atoms with Crippen LogP contribution in [0.5, 0.6) is 11.5 Å². The number of carbonyl (C=O) groups excluding carboxylic acids is 1. The van der Waals surface area contributed by atoms with Gasteiger partial charge in [-0.05, 0) is 43.2 Å². The van der Waals surface area contributed by atoms with Crippen LogP contribution in [0.2, 0.25) is 0 Å². The van der Waals surface area contributed by atoms with E-state index in [0.717, 1.165) is 35.5 Å². The maximum atomic E-state index is 13.3. The highest BCUT2D eigenvalue weighted by Gasteiger charge is 2.30. The quantitative estimate of drug-likeness (QED) is 0.610. The van der Waals surface area contributed by atoms with Gasteiger partial charge in [-0.3, -0.25) is 4.79 Å². The van der Waals surface area contributed by atoms with Gasteiger partial charge in [-0.1, -0.05) is 18.2 Å². The summed E-state index contributed by atoms with van der Waals surface area (Å²) in [6, 6.07) is 17.4. The van der Waals surface area contributed by atoms with Crippen molar-refractivity contribution in [1.82, 2.24) is 14.7 Å². The van der Waals surface area contributed by atoms with Crippen LogP contribution in [0.3, 0.4) is 0 Å². The Bertz CT molecular complexity index is 1010. The SMILES string of the molecule is COc1ccc(CN(C)C(=O)c2cc(C3CC3)nn2-c2ccccc2)c(OC)c1. The van der Waals surface area contributed by atoms with E-state index in [9.17, 15) is 4.79 Å². The van der Waals surface area contributed by atoms with Crippen molar-refractivity contribution in [2.45, 2.75) is 25.3 Å². The Balaban J connectivity index is 1.62. The second-order valence-electron chi connectivity index (χ2n) is 7.32. The van der Waals surface area contributed by atoms with Gasteiger partial charge in [-0.25, -0.2) is 4.68 Å². The second kappa shape index (κ2) is 7.99. The van der Waals surface area contributed by atoms with Gasteiger partial charge in [-0.15, -0.1) is 0 Å². The molecule has 6 heteroatoms. The van der Waals surface area contributed by atoms with Gasteiger partial charge >= 0.3 is 0 Å². The summed E-state index contributed by atoms with van der Waals surface area (Å²) in [7, 11) is 5.03. The van der Waals surface area contributed by atoms with E-state index in [4.69, 9.17) is 14.6 Å². The summed E-state index contributed by atoms with van der Waals surface area (Å²) in [6.45, 7) is 0.421. The van der Waals surface area contributed by atoms with Gasteiger partial charge in [0.2, 0.25) is 0 Å². The molecule has 0 radical (unpaired) electrons. The zero-order valence-electron chi connectivity index (χ0n) is 17.0. The van der Waals surface area contributed by atoms with E-state index in [1.165, 1.54) is 0 Å². The molecule has 0 unspecified atom stereocenters. The van der Waals surface area contributed by atoms with Crippen molar-refractivity contribution in [3.05, 3.63) is 71.5 Å². The first kappa shape index (κ1) is 19.1. The van der Waals surface area contributed by atoms with Crippen LogP contribution in [0.1, 0.15) is 40.5 Å². The standard InChI is InChI=1S/C23H25N3O3/c1-25(15-17-11-12-19(28-2)13-22(17)29-3)23(27)21-14-20(16-9-10-16)24-26(21)18-7-5-4-6-8-18/h4-8,11-14,16H,9-10,15H2,1-3H3. The van der Waals surface area contributed by atoms with E-state index in [1.54, 1.807) is 30.8 Å². The van der Waals surface area contributed by atoms with Crippen molar-refractivity contribution >= 4 is 5.91 Å². The number of hydrogen-bond donors (Lipinski definition) is 0. The Morgan fingerprint density at radius 1 is 1.10 bits per heavy atom. The van der Waals surface area contributed by atoms with Crippen molar-refractivity contribution in [3.63, 3.8) is 0 Å². The zero-order chi connectivity index (χ0) is 20.4. The molecular formula is C23H25N3O3. The molecule has 1 amide bonds. The molecule has 1 aliphatic rings. The van der Waals surface area contributed by atoms with Crippen molar-refractivity contribution in [2.75, 3.05) is 21.3 Å². The van der Waals surface area contributed by atoms with Crippen LogP contribution >= 0.6 is 0 Å². The fraction of sp³-hybridized carbons (Fsp3) is 0.304. The third-order valence-electron chi connectivity index (χ3n) is 5.19. The van der Waals surface area contributed by atoms with Crippen LogP contribution in [-0.2, 0) is 6.54 Å². The van der Waals surface area contributed by atoms with Crippen LogP contribution in [0.4, 0.5) is 0 Å². The first-order valence-electron chi connectivity index (χ1n) is 9.72. The predicted molar refractivity (Wildman–Crippen MR) is 111 cm³/mol. The largest absolute Gasteiger partial charge is 0.497 e. The van der Waals surface area contributed by atoms with Gasteiger partial charge in [0.1, 0.15) is 17.2 Å². The maximum absolute atomic E-state index is 13.3. The molecule has 1 aromatic heterocycles. The molecule has 1 aliphatic carbocycles. The number of carbonyl (C=O) groups is 1. The molecule has 150 valence electrons. The Hall–Kier alpha value is -3.28. The Kier molecular flexibility index (Phi) is 5.25. The highest BCUT2D eigenvalue weighted by molar-refractivity contribution is 5.93. The summed E-state index contributed by atoms with van der Waals surface area (Å²) >= 11 is 0. The number of amides is 1. The van der Waals surface area contributed by atoms with Crippen LogP contribution in [-0.4, -0.2) is 41.9 Å². The molecule has 3 aromatic rings. The smallest absolute Gasteiger partial charge is 0.272 e. The summed E-state index contributed by atoms with van der Waals surface area (Å²) in [5, 5.41) is 4.74. The first-order chi connectivity index (χ1) is 14.1. The van der Waals surface area contributed by atoms with Crippen LogP contribution in [0.15, 0.2) is 54.6 Å². The molecule has 0 saturated heterocycles. The predicted octanol–water partition coefficient (Wildman–Crippen LogP) is 4.04. The second-order valence-corrected chi connectivity index (χ2v) is 7.32. The normalized spacial score (nSPS) is 13.2. The summed E-state index contributed by atoms with van der Waals surface area (Å²) < 4.78 is 12.5. The zero-order valence-corrected chi connectivity index (χ0v) is 17.0. The summed E-state index contributed by atoms with van der Waals surface area (Å²) in [6.07, 6.45) is 2.27. The van der Waals surface area contributed by atoms with Gasteiger partial charge < -0.3 is 14.4 Å². The minimum Gasteiger partial charge on any atom is -0.497 e. The summed E-state index contributed by atoms with van der Waals surface area (Å²) in [4.78, 5) is 15.0. The first-order valence-corrected chi connectivity index (χ1v) is 9.72. The topological polar surface area (TPSA) is 56.6 Å². The number of para-hydroxylation sites is 1. The van der Waals surface area contributed by atoms with Gasteiger partial charge in [0, 0.05) is 31.1 Å². The molecule has 0 aliphatic heterocycles. The van der Waals surface area contributed by atoms with E-state index in [0.29, 0.717) is 23.9 Å². The number of rotatable bonds is 7. The minimum absolute atomic E-state index is 0.0777. The number of methoxy groups -OCH3 is 2. The number of ether oxygens (including phenoxy) is 2. The highest BCUT2D eigenvalue weighted by atomic mass is 16.5. The van der Waals surface area contributed by atoms with E-state index in [2.05, 4.69) is 0 Å². The Morgan fingerprint density at radius 2 is 1.86 bits per heavy atom. The molecule has 4 rings (SSSR count). The average molecular weight is 391 g/mol. The van der Waals surface area contributed by atoms with Crippen molar-refractivity contribution in [1.29, 1.82) is 0 Å². The number of benzene rings is 2. The van der Waals surface area contributed by atoms with Gasteiger partial charge in [-0.2, -0.15) is 5.10 Å². The third kappa shape index (κ3) is 3.97. The number of aromatic nitrogens is 2. The van der Waals surface area contributed by atoms with Gasteiger partial charge in [0.25, 0.3) is 5.91 Å². The van der Waals surface area contributed by atoms with Crippen molar-refractivity contribution in [3.8, 4) is 17.2 Å². The molecule has 1 heterocycles. The molecule has 2 aromatic carbocycles. The maximum Gasteiger partial charge on any atom is 0.272 e. The molecule has 1 fully saturated rings. The summed E-state index contributed by atoms with van der Waals surface area (Å²) in [5.74, 6) is 1.81. The molecule has 29 heavy (non-hydrogen) atoms. The average Bonchev–Trinajstić information content (AvgIpc) is 3.52. The lowest BCUT2D eigenvalue weighted by Gasteiger charge is -2.19. The van der Waals surface area contributed by atoms with E-state index in [-0.39, 0.29) is 5.91 Å².